The van der Waals surface area contributed by atoms with Gasteiger partial charge in [-0.05, 0) is 69.2 Å². The van der Waals surface area contributed by atoms with Gasteiger partial charge in [0.25, 0.3) is 0 Å². The van der Waals surface area contributed by atoms with Gasteiger partial charge in [0.2, 0.25) is 5.91 Å². The maximum Gasteiger partial charge on any atom is 0.222 e. The first-order valence-electron chi connectivity index (χ1n) is 9.47. The van der Waals surface area contributed by atoms with Crippen molar-refractivity contribution < 1.29 is 9.53 Å². The van der Waals surface area contributed by atoms with Gasteiger partial charge >= 0.3 is 0 Å². The number of carbonyl (C=O) groups excluding carboxylic acids is 1. The molecule has 0 atom stereocenters. The number of hydrogen-bond acceptors (Lipinski definition) is 3. The molecule has 4 nitrogen and oxygen atoms in total. The molecule has 1 N–H and O–H groups in total. The number of rotatable bonds is 6. The summed E-state index contributed by atoms with van der Waals surface area (Å²) >= 11 is 0. The van der Waals surface area contributed by atoms with E-state index in [-0.39, 0.29) is 0 Å². The molecular formula is C20H30N2O2. The van der Waals surface area contributed by atoms with Crippen LogP contribution in [0.25, 0.3) is 0 Å². The first-order chi connectivity index (χ1) is 11.8. The van der Waals surface area contributed by atoms with Crippen molar-refractivity contribution in [1.29, 1.82) is 0 Å². The summed E-state index contributed by atoms with van der Waals surface area (Å²) in [6.07, 6.45) is 6.38. The van der Waals surface area contributed by atoms with Crippen LogP contribution in [-0.4, -0.2) is 43.6 Å². The number of piperidine rings is 2. The van der Waals surface area contributed by atoms with Crippen LogP contribution in [0.15, 0.2) is 30.3 Å². The zero-order valence-corrected chi connectivity index (χ0v) is 14.6. The molecule has 24 heavy (non-hydrogen) atoms. The van der Waals surface area contributed by atoms with Crippen LogP contribution in [0.3, 0.4) is 0 Å². The largest absolute Gasteiger partial charge is 0.493 e. The van der Waals surface area contributed by atoms with Crippen molar-refractivity contribution in [2.24, 2.45) is 11.8 Å². The summed E-state index contributed by atoms with van der Waals surface area (Å²) in [6, 6.07) is 10.00. The smallest absolute Gasteiger partial charge is 0.222 e. The third-order valence-electron chi connectivity index (χ3n) is 5.42. The average molecular weight is 330 g/mol. The van der Waals surface area contributed by atoms with Gasteiger partial charge in [-0.1, -0.05) is 18.2 Å². The van der Waals surface area contributed by atoms with Crippen molar-refractivity contribution >= 4 is 5.91 Å². The minimum absolute atomic E-state index is 0.357. The Morgan fingerprint density at radius 3 is 2.46 bits per heavy atom. The Balaban J connectivity index is 1.33. The second-order valence-electron chi connectivity index (χ2n) is 7.18. The van der Waals surface area contributed by atoms with Gasteiger partial charge in [-0.25, -0.2) is 0 Å². The molecule has 132 valence electrons. The van der Waals surface area contributed by atoms with Crippen LogP contribution in [0.2, 0.25) is 0 Å². The number of benzene rings is 1. The molecule has 0 radical (unpaired) electrons. The number of nitrogens with zero attached hydrogens (tertiary/aromatic N) is 1. The zero-order chi connectivity index (χ0) is 16.6. The van der Waals surface area contributed by atoms with Crippen LogP contribution in [0.4, 0.5) is 0 Å². The molecular weight excluding hydrogens is 300 g/mol. The van der Waals surface area contributed by atoms with E-state index in [1.54, 1.807) is 0 Å². The van der Waals surface area contributed by atoms with E-state index >= 15 is 0 Å². The van der Waals surface area contributed by atoms with Crippen molar-refractivity contribution in [2.45, 2.75) is 38.5 Å². The van der Waals surface area contributed by atoms with Crippen molar-refractivity contribution in [2.75, 3.05) is 32.8 Å². The van der Waals surface area contributed by atoms with Crippen molar-refractivity contribution in [3.63, 3.8) is 0 Å². The number of amides is 1. The predicted molar refractivity (Wildman–Crippen MR) is 96.1 cm³/mol. The van der Waals surface area contributed by atoms with Crippen molar-refractivity contribution in [3.8, 4) is 5.75 Å². The van der Waals surface area contributed by atoms with E-state index in [4.69, 9.17) is 4.74 Å². The van der Waals surface area contributed by atoms with Crippen molar-refractivity contribution in [3.05, 3.63) is 30.3 Å². The number of nitrogens with one attached hydrogen (secondary N) is 1. The Hall–Kier alpha value is -1.55. The normalized spacial score (nSPS) is 20.1. The molecule has 0 unspecified atom stereocenters. The molecule has 0 bridgehead atoms. The quantitative estimate of drug-likeness (QED) is 0.871. The van der Waals surface area contributed by atoms with Gasteiger partial charge in [0.15, 0.2) is 0 Å². The molecule has 1 aromatic rings. The van der Waals surface area contributed by atoms with Gasteiger partial charge in [0, 0.05) is 19.5 Å². The lowest BCUT2D eigenvalue weighted by Gasteiger charge is -2.32. The predicted octanol–water partition coefficient (Wildman–Crippen LogP) is 3.08. The Kier molecular flexibility index (Phi) is 6.53. The second-order valence-corrected chi connectivity index (χ2v) is 7.18. The summed E-state index contributed by atoms with van der Waals surface area (Å²) < 4.78 is 5.86. The molecule has 2 heterocycles. The number of hydrogen-bond donors (Lipinski definition) is 1. The van der Waals surface area contributed by atoms with Crippen LogP contribution >= 0.6 is 0 Å². The number of likely N-dealkylation sites (tertiary alicyclic amines) is 1. The van der Waals surface area contributed by atoms with E-state index in [0.29, 0.717) is 11.8 Å². The fraction of sp³-hybridized carbons (Fsp3) is 0.650. The summed E-state index contributed by atoms with van der Waals surface area (Å²) in [5.74, 6) is 2.61. The Bertz CT molecular complexity index is 492. The molecule has 1 aromatic carbocycles. The molecule has 1 amide bonds. The average Bonchev–Trinajstić information content (AvgIpc) is 2.66. The lowest BCUT2D eigenvalue weighted by molar-refractivity contribution is -0.133. The summed E-state index contributed by atoms with van der Waals surface area (Å²) in [4.78, 5) is 14.5. The van der Waals surface area contributed by atoms with Gasteiger partial charge in [0.1, 0.15) is 5.75 Å². The topological polar surface area (TPSA) is 41.6 Å². The Labute approximate surface area is 145 Å². The molecule has 4 heteroatoms. The lowest BCUT2D eigenvalue weighted by atomic mass is 9.92. The number of carbonyl (C=O) groups is 1. The van der Waals surface area contributed by atoms with Crippen LogP contribution < -0.4 is 10.1 Å². The van der Waals surface area contributed by atoms with Gasteiger partial charge in [-0.15, -0.1) is 0 Å². The van der Waals surface area contributed by atoms with Crippen LogP contribution in [-0.2, 0) is 4.79 Å². The van der Waals surface area contributed by atoms with E-state index in [2.05, 4.69) is 10.2 Å². The van der Waals surface area contributed by atoms with E-state index in [9.17, 15) is 4.79 Å². The summed E-state index contributed by atoms with van der Waals surface area (Å²) in [6.45, 7) is 4.79. The summed E-state index contributed by atoms with van der Waals surface area (Å²) in [7, 11) is 0. The SMILES string of the molecule is O=C(CCC1CCNCC1)N1CCC(COc2ccccc2)CC1. The Morgan fingerprint density at radius 1 is 1.04 bits per heavy atom. The fourth-order valence-electron chi connectivity index (χ4n) is 3.74. The first kappa shape index (κ1) is 17.3. The molecule has 2 aliphatic heterocycles. The third-order valence-corrected chi connectivity index (χ3v) is 5.42. The Morgan fingerprint density at radius 2 is 1.75 bits per heavy atom. The van der Waals surface area contributed by atoms with E-state index < -0.39 is 0 Å². The third kappa shape index (κ3) is 5.23. The standard InChI is InChI=1S/C20H30N2O2/c23-20(7-6-17-8-12-21-13-9-17)22-14-10-18(11-15-22)16-24-19-4-2-1-3-5-19/h1-5,17-18,21H,6-16H2. The molecule has 0 spiro atoms. The molecule has 0 aromatic heterocycles. The minimum Gasteiger partial charge on any atom is -0.493 e. The summed E-state index contributed by atoms with van der Waals surface area (Å²) in [5.41, 5.74) is 0. The van der Waals surface area contributed by atoms with Gasteiger partial charge in [-0.2, -0.15) is 0 Å². The van der Waals surface area contributed by atoms with E-state index in [0.717, 1.165) is 70.1 Å². The van der Waals surface area contributed by atoms with Crippen molar-refractivity contribution in [1.82, 2.24) is 10.2 Å². The van der Waals surface area contributed by atoms with E-state index in [1.165, 1.54) is 12.8 Å². The maximum atomic E-state index is 12.4. The molecule has 0 saturated carbocycles. The van der Waals surface area contributed by atoms with Crippen LogP contribution in [0.5, 0.6) is 5.75 Å². The monoisotopic (exact) mass is 330 g/mol. The fourth-order valence-corrected chi connectivity index (χ4v) is 3.74. The van der Waals surface area contributed by atoms with Crippen LogP contribution in [0.1, 0.15) is 38.5 Å². The number of para-hydroxylation sites is 1. The molecule has 0 aliphatic carbocycles. The van der Waals surface area contributed by atoms with Gasteiger partial charge < -0.3 is 15.0 Å². The number of ether oxygens (including phenoxy) is 1. The highest BCUT2D eigenvalue weighted by Gasteiger charge is 2.24. The highest BCUT2D eigenvalue weighted by molar-refractivity contribution is 5.76. The van der Waals surface area contributed by atoms with E-state index in [1.807, 2.05) is 30.3 Å². The highest BCUT2D eigenvalue weighted by atomic mass is 16.5. The van der Waals surface area contributed by atoms with Crippen LogP contribution in [0, 0.1) is 11.8 Å². The highest BCUT2D eigenvalue weighted by Crippen LogP contribution is 2.22. The molecule has 2 saturated heterocycles. The zero-order valence-electron chi connectivity index (χ0n) is 14.6. The molecule has 2 aliphatic rings. The first-order valence-corrected chi connectivity index (χ1v) is 9.47. The summed E-state index contributed by atoms with van der Waals surface area (Å²) in [5, 5.41) is 3.39. The lowest BCUT2D eigenvalue weighted by Crippen LogP contribution is -2.40. The maximum absolute atomic E-state index is 12.4. The second kappa shape index (κ2) is 9.07. The minimum atomic E-state index is 0.357. The molecule has 2 fully saturated rings. The van der Waals surface area contributed by atoms with Gasteiger partial charge in [-0.3, -0.25) is 4.79 Å². The van der Waals surface area contributed by atoms with Gasteiger partial charge in [0.05, 0.1) is 6.61 Å². The molecule has 3 rings (SSSR count).